The molecule has 2 heterocycles. The minimum Gasteiger partial charge on any atom is -0.296 e. The first-order chi connectivity index (χ1) is 9.16. The highest BCUT2D eigenvalue weighted by Crippen LogP contribution is 2.30. The number of rotatable bonds is 1. The highest BCUT2D eigenvalue weighted by Gasteiger charge is 2.32. The van der Waals surface area contributed by atoms with E-state index in [1.807, 2.05) is 31.4 Å². The van der Waals surface area contributed by atoms with Crippen LogP contribution in [0.3, 0.4) is 0 Å². The molecule has 2 aliphatic rings. The van der Waals surface area contributed by atoms with Gasteiger partial charge in [0.2, 0.25) is 11.8 Å². The molecule has 5 nitrogen and oxygen atoms in total. The zero-order valence-corrected chi connectivity index (χ0v) is 10.5. The van der Waals surface area contributed by atoms with E-state index in [4.69, 9.17) is 0 Å². The lowest BCUT2D eigenvalue weighted by atomic mass is 9.91. The zero-order valence-electron chi connectivity index (χ0n) is 10.5. The van der Waals surface area contributed by atoms with Crippen molar-refractivity contribution < 1.29 is 9.59 Å². The van der Waals surface area contributed by atoms with Crippen LogP contribution in [-0.2, 0) is 16.6 Å². The molecule has 3 rings (SSSR count). The maximum absolute atomic E-state index is 11.9. The van der Waals surface area contributed by atoms with Crippen LogP contribution in [0.5, 0.6) is 0 Å². The van der Waals surface area contributed by atoms with Gasteiger partial charge in [-0.05, 0) is 12.5 Å². The maximum atomic E-state index is 11.9. The highest BCUT2D eigenvalue weighted by atomic mass is 16.2. The summed E-state index contributed by atoms with van der Waals surface area (Å²) in [5, 5.41) is 6.82. The second-order valence-corrected chi connectivity index (χ2v) is 4.65. The summed E-state index contributed by atoms with van der Waals surface area (Å²) in [6.07, 6.45) is 8.34. The van der Waals surface area contributed by atoms with Gasteiger partial charge in [-0.3, -0.25) is 19.6 Å². The lowest BCUT2D eigenvalue weighted by Crippen LogP contribution is -2.39. The van der Waals surface area contributed by atoms with Crippen molar-refractivity contribution in [3.63, 3.8) is 0 Å². The number of fused-ring (bicyclic) bond motifs is 1. The van der Waals surface area contributed by atoms with Crippen LogP contribution in [0.4, 0.5) is 0 Å². The molecule has 1 atom stereocenters. The minimum atomic E-state index is -0.358. The van der Waals surface area contributed by atoms with Crippen molar-refractivity contribution >= 4 is 24.0 Å². The Morgan fingerprint density at radius 3 is 3.11 bits per heavy atom. The monoisotopic (exact) mass is 255 g/mol. The van der Waals surface area contributed by atoms with Crippen LogP contribution in [0, 0.1) is 0 Å². The second kappa shape index (κ2) is 4.37. The van der Waals surface area contributed by atoms with Crippen LogP contribution in [0.15, 0.2) is 17.9 Å². The predicted octanol–water partition coefficient (Wildman–Crippen LogP) is 1.14. The summed E-state index contributed by atoms with van der Waals surface area (Å²) in [6.45, 7) is 0. The van der Waals surface area contributed by atoms with Gasteiger partial charge in [0.05, 0.1) is 17.3 Å². The number of hydrogen-bond donors (Lipinski definition) is 1. The smallest absolute Gasteiger partial charge is 0.235 e. The lowest BCUT2D eigenvalue weighted by Gasteiger charge is -2.19. The van der Waals surface area contributed by atoms with Crippen molar-refractivity contribution in [1.82, 2.24) is 15.1 Å². The molecule has 0 bridgehead atoms. The Hall–Kier alpha value is -2.39. The summed E-state index contributed by atoms with van der Waals surface area (Å²) in [5.41, 5.74) is 5.61. The number of imide groups is 1. The number of nitrogens with zero attached hydrogens (tertiary/aromatic N) is 2. The first-order valence-electron chi connectivity index (χ1n) is 6.16. The Balaban J connectivity index is 2.06. The Labute approximate surface area is 110 Å². The van der Waals surface area contributed by atoms with Gasteiger partial charge in [0, 0.05) is 25.1 Å². The van der Waals surface area contributed by atoms with Crippen LogP contribution in [0.1, 0.15) is 35.7 Å². The number of carbonyl (C=O) groups is 2. The molecule has 0 aromatic carbocycles. The number of hydrogen-bond acceptors (Lipinski definition) is 3. The highest BCUT2D eigenvalue weighted by molar-refractivity contribution is 6.01. The molecule has 1 aromatic heterocycles. The molecule has 1 fully saturated rings. The Kier molecular flexibility index (Phi) is 2.69. The van der Waals surface area contributed by atoms with Gasteiger partial charge in [-0.1, -0.05) is 12.2 Å². The second-order valence-electron chi connectivity index (χ2n) is 4.65. The fourth-order valence-electron chi connectivity index (χ4n) is 2.46. The van der Waals surface area contributed by atoms with Crippen molar-refractivity contribution in [2.45, 2.75) is 18.8 Å². The molecule has 0 saturated carbocycles. The van der Waals surface area contributed by atoms with E-state index in [0.717, 1.165) is 17.0 Å². The lowest BCUT2D eigenvalue weighted by molar-refractivity contribution is -0.134. The molecule has 5 heteroatoms. The topological polar surface area (TPSA) is 64.0 Å². The van der Waals surface area contributed by atoms with E-state index in [0.29, 0.717) is 12.8 Å². The van der Waals surface area contributed by atoms with E-state index >= 15 is 0 Å². The molecule has 1 aliphatic heterocycles. The standard InChI is InChI=1S/C14H13N3O2/c1-17-11-6-4-2-3-5-9(11)13(16-17)10-7-8-12(18)15-14(10)19/h2-3,5-6,10H,7-8H2,1H3,(H,15,18,19). The molecular weight excluding hydrogens is 242 g/mol. The molecule has 1 aliphatic carbocycles. The summed E-state index contributed by atoms with van der Waals surface area (Å²) in [4.78, 5) is 23.2. The molecule has 0 radical (unpaired) electrons. The normalized spacial score (nSPS) is 21.2. The van der Waals surface area contributed by atoms with Crippen molar-refractivity contribution in [2.24, 2.45) is 7.05 Å². The van der Waals surface area contributed by atoms with Gasteiger partial charge >= 0.3 is 0 Å². The average Bonchev–Trinajstić information content (AvgIpc) is 2.56. The van der Waals surface area contributed by atoms with Gasteiger partial charge in [-0.25, -0.2) is 0 Å². The van der Waals surface area contributed by atoms with Crippen molar-refractivity contribution in [2.75, 3.05) is 0 Å². The summed E-state index contributed by atoms with van der Waals surface area (Å²) in [7, 11) is 1.84. The molecule has 96 valence electrons. The van der Waals surface area contributed by atoms with Crippen LogP contribution in [0.25, 0.3) is 12.2 Å². The molecule has 1 saturated heterocycles. The SMILES string of the molecule is Cn1nc(C2CCC(=O)NC2=O)c2c1C=C=CC=C2. The average molecular weight is 255 g/mol. The van der Waals surface area contributed by atoms with Crippen LogP contribution in [0.2, 0.25) is 0 Å². The summed E-state index contributed by atoms with van der Waals surface area (Å²) >= 11 is 0. The van der Waals surface area contributed by atoms with E-state index < -0.39 is 0 Å². The summed E-state index contributed by atoms with van der Waals surface area (Å²) in [6, 6.07) is 0. The van der Waals surface area contributed by atoms with Crippen molar-refractivity contribution in [3.05, 3.63) is 34.8 Å². The van der Waals surface area contributed by atoms with Gasteiger partial charge in [0.15, 0.2) is 0 Å². The fraction of sp³-hybridized carbons (Fsp3) is 0.286. The van der Waals surface area contributed by atoms with E-state index in [1.165, 1.54) is 0 Å². The molecule has 2 amide bonds. The van der Waals surface area contributed by atoms with E-state index in [2.05, 4.69) is 16.1 Å². The summed E-state index contributed by atoms with van der Waals surface area (Å²) in [5.74, 6) is -0.823. The molecule has 0 spiro atoms. The van der Waals surface area contributed by atoms with Gasteiger partial charge < -0.3 is 0 Å². The van der Waals surface area contributed by atoms with E-state index in [1.54, 1.807) is 4.68 Å². The van der Waals surface area contributed by atoms with Crippen LogP contribution >= 0.6 is 0 Å². The third-order valence-electron chi connectivity index (χ3n) is 3.40. The molecule has 1 unspecified atom stereocenters. The maximum Gasteiger partial charge on any atom is 0.235 e. The number of carbonyl (C=O) groups excluding carboxylic acids is 2. The quantitative estimate of drug-likeness (QED) is 0.604. The van der Waals surface area contributed by atoms with Crippen molar-refractivity contribution in [1.29, 1.82) is 0 Å². The number of allylic oxidation sites excluding steroid dienone is 2. The number of piperidine rings is 1. The number of nitrogens with one attached hydrogen (secondary N) is 1. The Bertz CT molecular complexity index is 660. The third kappa shape index (κ3) is 1.94. The molecular formula is C14H13N3O2. The minimum absolute atomic E-state index is 0.208. The van der Waals surface area contributed by atoms with Gasteiger partial charge in [0.25, 0.3) is 0 Å². The number of amides is 2. The van der Waals surface area contributed by atoms with Gasteiger partial charge in [0.1, 0.15) is 0 Å². The van der Waals surface area contributed by atoms with E-state index in [9.17, 15) is 9.59 Å². The van der Waals surface area contributed by atoms with Gasteiger partial charge in [-0.2, -0.15) is 5.10 Å². The van der Waals surface area contributed by atoms with Crippen LogP contribution in [-0.4, -0.2) is 21.6 Å². The molecule has 1 N–H and O–H groups in total. The summed E-state index contributed by atoms with van der Waals surface area (Å²) < 4.78 is 1.74. The molecule has 19 heavy (non-hydrogen) atoms. The molecule has 1 aromatic rings. The first kappa shape index (κ1) is 11.7. The van der Waals surface area contributed by atoms with Crippen LogP contribution < -0.4 is 5.32 Å². The predicted molar refractivity (Wildman–Crippen MR) is 69.9 cm³/mol. The number of aromatic nitrogens is 2. The Morgan fingerprint density at radius 1 is 1.47 bits per heavy atom. The third-order valence-corrected chi connectivity index (χ3v) is 3.40. The van der Waals surface area contributed by atoms with Crippen molar-refractivity contribution in [3.8, 4) is 0 Å². The zero-order chi connectivity index (χ0) is 13.4. The van der Waals surface area contributed by atoms with E-state index in [-0.39, 0.29) is 17.7 Å². The number of aryl methyl sites for hydroxylation is 1. The van der Waals surface area contributed by atoms with Gasteiger partial charge in [-0.15, -0.1) is 5.73 Å². The largest absolute Gasteiger partial charge is 0.296 e. The first-order valence-corrected chi connectivity index (χ1v) is 6.16. The fourth-order valence-corrected chi connectivity index (χ4v) is 2.46. The Morgan fingerprint density at radius 2 is 2.32 bits per heavy atom.